The summed E-state index contributed by atoms with van der Waals surface area (Å²) < 4.78 is 5.75. The number of hydrogen-bond donors (Lipinski definition) is 1. The largest absolute Gasteiger partial charge is 0.374 e. The van der Waals surface area contributed by atoms with Crippen molar-refractivity contribution in [3.05, 3.63) is 0 Å². The second-order valence-corrected chi connectivity index (χ2v) is 5.66. The molecule has 0 bridgehead atoms. The summed E-state index contributed by atoms with van der Waals surface area (Å²) in [6, 6.07) is 0. The van der Waals surface area contributed by atoms with Gasteiger partial charge >= 0.3 is 0 Å². The molecule has 0 spiro atoms. The molecule has 2 heterocycles. The second kappa shape index (κ2) is 5.48. The molecule has 1 atom stereocenters. The average molecular weight is 226 g/mol. The van der Waals surface area contributed by atoms with E-state index in [9.17, 15) is 0 Å². The highest BCUT2D eigenvalue weighted by Gasteiger charge is 2.29. The molecule has 1 N–H and O–H groups in total. The smallest absolute Gasteiger partial charge is 0.0826 e. The predicted molar refractivity (Wildman–Crippen MR) is 66.7 cm³/mol. The molecule has 0 aromatic heterocycles. The quantitative estimate of drug-likeness (QED) is 0.789. The van der Waals surface area contributed by atoms with Gasteiger partial charge in [0.15, 0.2) is 0 Å². The van der Waals surface area contributed by atoms with Crippen LogP contribution in [0.3, 0.4) is 0 Å². The first kappa shape index (κ1) is 12.3. The Bertz CT molecular complexity index is 206. The summed E-state index contributed by atoms with van der Waals surface area (Å²) in [7, 11) is 0. The summed E-state index contributed by atoms with van der Waals surface area (Å²) in [5, 5.41) is 3.40. The molecule has 3 heteroatoms. The number of hydrogen-bond acceptors (Lipinski definition) is 3. The lowest BCUT2D eigenvalue weighted by atomic mass is 9.78. The van der Waals surface area contributed by atoms with Crippen molar-refractivity contribution in [1.82, 2.24) is 10.2 Å². The maximum Gasteiger partial charge on any atom is 0.0826 e. The minimum absolute atomic E-state index is 0.416. The highest BCUT2D eigenvalue weighted by atomic mass is 16.5. The molecular weight excluding hydrogens is 200 g/mol. The first-order valence-electron chi connectivity index (χ1n) is 6.76. The van der Waals surface area contributed by atoms with E-state index in [-0.39, 0.29) is 0 Å². The van der Waals surface area contributed by atoms with Crippen molar-refractivity contribution >= 4 is 0 Å². The van der Waals surface area contributed by atoms with Crippen molar-refractivity contribution in [2.24, 2.45) is 5.41 Å². The lowest BCUT2D eigenvalue weighted by molar-refractivity contribution is -0.00695. The number of piperidine rings is 1. The Morgan fingerprint density at radius 3 is 2.69 bits per heavy atom. The molecule has 0 saturated carbocycles. The van der Waals surface area contributed by atoms with Crippen LogP contribution in [0.15, 0.2) is 0 Å². The minimum atomic E-state index is 0.416. The van der Waals surface area contributed by atoms with Crippen LogP contribution in [-0.4, -0.2) is 50.3 Å². The third-order valence-electron chi connectivity index (χ3n) is 4.38. The third kappa shape index (κ3) is 3.19. The topological polar surface area (TPSA) is 24.5 Å². The van der Waals surface area contributed by atoms with Crippen LogP contribution in [0.5, 0.6) is 0 Å². The molecule has 0 amide bonds. The second-order valence-electron chi connectivity index (χ2n) is 5.66. The summed E-state index contributed by atoms with van der Waals surface area (Å²) in [4.78, 5) is 2.58. The Balaban J connectivity index is 1.72. The molecule has 0 aromatic carbocycles. The van der Waals surface area contributed by atoms with Crippen LogP contribution in [0.25, 0.3) is 0 Å². The molecule has 1 unspecified atom stereocenters. The number of likely N-dealkylation sites (tertiary alicyclic amines) is 1. The van der Waals surface area contributed by atoms with Gasteiger partial charge in [-0.1, -0.05) is 20.3 Å². The number of morpholine rings is 1. The number of ether oxygens (including phenoxy) is 1. The molecule has 0 radical (unpaired) electrons. The van der Waals surface area contributed by atoms with Crippen LogP contribution in [0.1, 0.15) is 33.1 Å². The van der Waals surface area contributed by atoms with Crippen LogP contribution in [0.4, 0.5) is 0 Å². The molecule has 2 rings (SSSR count). The van der Waals surface area contributed by atoms with Crippen molar-refractivity contribution in [3.8, 4) is 0 Å². The summed E-state index contributed by atoms with van der Waals surface area (Å²) >= 11 is 0. The lowest BCUT2D eigenvalue weighted by Gasteiger charge is -2.40. The van der Waals surface area contributed by atoms with Gasteiger partial charge in [0.1, 0.15) is 0 Å². The van der Waals surface area contributed by atoms with Gasteiger partial charge in [-0.05, 0) is 31.3 Å². The van der Waals surface area contributed by atoms with Gasteiger partial charge in [-0.2, -0.15) is 0 Å². The normalized spacial score (nSPS) is 31.5. The van der Waals surface area contributed by atoms with E-state index < -0.39 is 0 Å². The first-order valence-corrected chi connectivity index (χ1v) is 6.76. The van der Waals surface area contributed by atoms with Crippen molar-refractivity contribution < 1.29 is 4.74 Å². The van der Waals surface area contributed by atoms with Gasteiger partial charge in [0.05, 0.1) is 12.7 Å². The molecule has 0 aromatic rings. The van der Waals surface area contributed by atoms with Crippen molar-refractivity contribution in [3.63, 3.8) is 0 Å². The van der Waals surface area contributed by atoms with E-state index in [1.54, 1.807) is 0 Å². The van der Waals surface area contributed by atoms with Crippen LogP contribution >= 0.6 is 0 Å². The Morgan fingerprint density at radius 1 is 1.38 bits per heavy atom. The minimum Gasteiger partial charge on any atom is -0.374 e. The molecule has 3 nitrogen and oxygen atoms in total. The van der Waals surface area contributed by atoms with Gasteiger partial charge < -0.3 is 15.0 Å². The van der Waals surface area contributed by atoms with Gasteiger partial charge in [0, 0.05) is 19.6 Å². The molecule has 2 saturated heterocycles. The summed E-state index contributed by atoms with van der Waals surface area (Å²) in [5.74, 6) is 0. The van der Waals surface area contributed by atoms with Crippen LogP contribution in [-0.2, 0) is 4.74 Å². The van der Waals surface area contributed by atoms with Crippen LogP contribution in [0.2, 0.25) is 0 Å². The van der Waals surface area contributed by atoms with E-state index in [0.29, 0.717) is 11.5 Å². The van der Waals surface area contributed by atoms with E-state index in [1.807, 2.05) is 0 Å². The zero-order chi connectivity index (χ0) is 11.4. The highest BCUT2D eigenvalue weighted by Crippen LogP contribution is 2.33. The van der Waals surface area contributed by atoms with Gasteiger partial charge in [0.25, 0.3) is 0 Å². The SMILES string of the molecule is CCC1(C)CCN(CC2CNCCO2)CC1. The number of rotatable bonds is 3. The Hall–Kier alpha value is -0.120. The molecule has 16 heavy (non-hydrogen) atoms. The van der Waals surface area contributed by atoms with Gasteiger partial charge in [-0.25, -0.2) is 0 Å². The van der Waals surface area contributed by atoms with E-state index in [1.165, 1.54) is 32.4 Å². The van der Waals surface area contributed by atoms with Crippen molar-refractivity contribution in [2.75, 3.05) is 39.3 Å². The average Bonchev–Trinajstić information content (AvgIpc) is 2.34. The fourth-order valence-electron chi connectivity index (χ4n) is 2.65. The van der Waals surface area contributed by atoms with E-state index in [0.717, 1.165) is 26.2 Å². The van der Waals surface area contributed by atoms with Gasteiger partial charge in [0.2, 0.25) is 0 Å². The maximum absolute atomic E-state index is 5.75. The van der Waals surface area contributed by atoms with E-state index in [2.05, 4.69) is 24.1 Å². The zero-order valence-electron chi connectivity index (χ0n) is 10.8. The molecular formula is C13H26N2O. The molecule has 94 valence electrons. The molecule has 0 aliphatic carbocycles. The van der Waals surface area contributed by atoms with Crippen LogP contribution in [0, 0.1) is 5.41 Å². The van der Waals surface area contributed by atoms with Crippen LogP contribution < -0.4 is 5.32 Å². The number of nitrogens with zero attached hydrogens (tertiary/aromatic N) is 1. The van der Waals surface area contributed by atoms with Gasteiger partial charge in [-0.3, -0.25) is 0 Å². The monoisotopic (exact) mass is 226 g/mol. The van der Waals surface area contributed by atoms with Crippen molar-refractivity contribution in [2.45, 2.75) is 39.2 Å². The van der Waals surface area contributed by atoms with Crippen molar-refractivity contribution in [1.29, 1.82) is 0 Å². The van der Waals surface area contributed by atoms with E-state index in [4.69, 9.17) is 4.74 Å². The Labute approximate surface area is 99.5 Å². The molecule has 2 aliphatic rings. The summed E-state index contributed by atoms with van der Waals surface area (Å²) in [6.07, 6.45) is 4.44. The fraction of sp³-hybridized carbons (Fsp3) is 1.00. The third-order valence-corrected chi connectivity index (χ3v) is 4.38. The number of nitrogens with one attached hydrogen (secondary N) is 1. The van der Waals surface area contributed by atoms with Gasteiger partial charge in [-0.15, -0.1) is 0 Å². The fourth-order valence-corrected chi connectivity index (χ4v) is 2.65. The lowest BCUT2D eigenvalue weighted by Crippen LogP contribution is -2.48. The summed E-state index contributed by atoms with van der Waals surface area (Å²) in [6.45, 7) is 11.3. The maximum atomic E-state index is 5.75. The standard InChI is InChI=1S/C13H26N2O/c1-3-13(2)4-7-15(8-5-13)11-12-10-14-6-9-16-12/h12,14H,3-11H2,1-2H3. The Kier molecular flexibility index (Phi) is 4.22. The first-order chi connectivity index (χ1) is 7.72. The highest BCUT2D eigenvalue weighted by molar-refractivity contribution is 4.83. The van der Waals surface area contributed by atoms with E-state index >= 15 is 0 Å². The molecule has 2 fully saturated rings. The predicted octanol–water partition coefficient (Wildman–Crippen LogP) is 1.49. The molecule has 2 aliphatic heterocycles. The zero-order valence-corrected chi connectivity index (χ0v) is 10.8. The summed E-state index contributed by atoms with van der Waals surface area (Å²) in [5.41, 5.74) is 0.599. The Morgan fingerprint density at radius 2 is 2.12 bits per heavy atom.